The molecule has 1 atom stereocenters. The lowest BCUT2D eigenvalue weighted by Gasteiger charge is -2.22. The number of likely N-dealkylation sites (N-methyl/N-ethyl adjacent to an activating group) is 1. The maximum Gasteiger partial charge on any atom is 0.331 e. The van der Waals surface area contributed by atoms with Gasteiger partial charge in [-0.25, -0.2) is 9.59 Å². The SMILES string of the molecule is CCN1CCCC1CNC(=O)NC(=O)C(C)=C(C)C(=O)O. The van der Waals surface area contributed by atoms with E-state index in [9.17, 15) is 14.4 Å². The number of imide groups is 1. The first-order chi connectivity index (χ1) is 9.86. The Kier molecular flexibility index (Phi) is 6.36. The number of carboxylic acid groups (broad SMARTS) is 1. The van der Waals surface area contributed by atoms with E-state index in [2.05, 4.69) is 22.5 Å². The lowest BCUT2D eigenvalue weighted by Crippen LogP contribution is -2.45. The van der Waals surface area contributed by atoms with E-state index in [1.807, 2.05) is 0 Å². The Bertz CT molecular complexity index is 459. The summed E-state index contributed by atoms with van der Waals surface area (Å²) in [5, 5.41) is 13.6. The summed E-state index contributed by atoms with van der Waals surface area (Å²) in [4.78, 5) is 36.4. The minimum absolute atomic E-state index is 0.0219. The number of nitrogens with one attached hydrogen (secondary N) is 2. The van der Waals surface area contributed by atoms with Gasteiger partial charge in [-0.2, -0.15) is 0 Å². The molecule has 0 spiro atoms. The van der Waals surface area contributed by atoms with Crippen LogP contribution < -0.4 is 10.6 Å². The highest BCUT2D eigenvalue weighted by molar-refractivity contribution is 6.07. The van der Waals surface area contributed by atoms with Gasteiger partial charge >= 0.3 is 12.0 Å². The quantitative estimate of drug-likeness (QED) is 0.649. The van der Waals surface area contributed by atoms with Crippen molar-refractivity contribution < 1.29 is 19.5 Å². The fourth-order valence-electron chi connectivity index (χ4n) is 2.32. The van der Waals surface area contributed by atoms with Gasteiger partial charge in [-0.05, 0) is 39.8 Å². The number of hydrogen-bond donors (Lipinski definition) is 3. The Morgan fingerprint density at radius 2 is 1.90 bits per heavy atom. The van der Waals surface area contributed by atoms with Crippen molar-refractivity contribution in [3.63, 3.8) is 0 Å². The summed E-state index contributed by atoms with van der Waals surface area (Å²) in [5.74, 6) is -1.86. The molecule has 3 amide bonds. The fraction of sp³-hybridized carbons (Fsp3) is 0.643. The lowest BCUT2D eigenvalue weighted by molar-refractivity contribution is -0.133. The second-order valence-electron chi connectivity index (χ2n) is 5.14. The van der Waals surface area contributed by atoms with Crippen LogP contribution in [0.2, 0.25) is 0 Å². The van der Waals surface area contributed by atoms with Crippen molar-refractivity contribution in [3.8, 4) is 0 Å². The van der Waals surface area contributed by atoms with Gasteiger partial charge in [-0.1, -0.05) is 6.92 Å². The Morgan fingerprint density at radius 1 is 1.24 bits per heavy atom. The number of likely N-dealkylation sites (tertiary alicyclic amines) is 1. The molecule has 21 heavy (non-hydrogen) atoms. The van der Waals surface area contributed by atoms with Crippen LogP contribution in [0.5, 0.6) is 0 Å². The summed E-state index contributed by atoms with van der Waals surface area (Å²) < 4.78 is 0. The average Bonchev–Trinajstić information content (AvgIpc) is 2.90. The zero-order valence-corrected chi connectivity index (χ0v) is 12.7. The third-order valence-electron chi connectivity index (χ3n) is 3.85. The van der Waals surface area contributed by atoms with Crippen LogP contribution in [0.25, 0.3) is 0 Å². The van der Waals surface area contributed by atoms with Crippen LogP contribution in [0.1, 0.15) is 33.6 Å². The molecule has 1 fully saturated rings. The molecule has 1 heterocycles. The van der Waals surface area contributed by atoms with Gasteiger partial charge in [0.2, 0.25) is 0 Å². The largest absolute Gasteiger partial charge is 0.478 e. The molecule has 0 radical (unpaired) electrons. The summed E-state index contributed by atoms with van der Waals surface area (Å²) in [7, 11) is 0. The summed E-state index contributed by atoms with van der Waals surface area (Å²) in [6.07, 6.45) is 2.14. The predicted octanol–water partition coefficient (Wildman–Crippen LogP) is 0.718. The molecule has 1 aliphatic rings. The zero-order valence-electron chi connectivity index (χ0n) is 12.7. The molecule has 1 unspecified atom stereocenters. The van der Waals surface area contributed by atoms with Gasteiger partial charge in [0.15, 0.2) is 0 Å². The number of carboxylic acids is 1. The van der Waals surface area contributed by atoms with Crippen LogP contribution in [0, 0.1) is 0 Å². The Morgan fingerprint density at radius 3 is 2.48 bits per heavy atom. The molecule has 3 N–H and O–H groups in total. The van der Waals surface area contributed by atoms with E-state index >= 15 is 0 Å². The van der Waals surface area contributed by atoms with Gasteiger partial charge in [0.05, 0.1) is 0 Å². The lowest BCUT2D eigenvalue weighted by atomic mass is 10.1. The summed E-state index contributed by atoms with van der Waals surface area (Å²) in [5.41, 5.74) is -0.0537. The van der Waals surface area contributed by atoms with Gasteiger partial charge in [0.25, 0.3) is 5.91 Å². The standard InChI is InChI=1S/C14H23N3O4/c1-4-17-7-5-6-11(17)8-15-14(21)16-12(18)9(2)10(3)13(19)20/h11H,4-8H2,1-3H3,(H,19,20)(H2,15,16,18,21). The number of carbonyl (C=O) groups is 3. The van der Waals surface area contributed by atoms with E-state index in [-0.39, 0.29) is 11.1 Å². The molecule has 0 aromatic carbocycles. The Hall–Kier alpha value is -1.89. The van der Waals surface area contributed by atoms with E-state index in [0.29, 0.717) is 12.6 Å². The molecule has 1 rings (SSSR count). The smallest absolute Gasteiger partial charge is 0.331 e. The van der Waals surface area contributed by atoms with E-state index < -0.39 is 17.9 Å². The van der Waals surface area contributed by atoms with E-state index in [0.717, 1.165) is 25.9 Å². The number of amides is 3. The molecule has 0 bridgehead atoms. The van der Waals surface area contributed by atoms with Gasteiger partial charge in [-0.15, -0.1) is 0 Å². The molecule has 0 aliphatic carbocycles. The fourth-order valence-corrected chi connectivity index (χ4v) is 2.32. The van der Waals surface area contributed by atoms with E-state index in [4.69, 9.17) is 5.11 Å². The number of aliphatic carboxylic acids is 1. The molecular weight excluding hydrogens is 274 g/mol. The van der Waals surface area contributed by atoms with Crippen molar-refractivity contribution in [2.24, 2.45) is 0 Å². The first kappa shape index (κ1) is 17.2. The molecule has 1 aliphatic heterocycles. The molecule has 0 saturated carbocycles. The van der Waals surface area contributed by atoms with Crippen molar-refractivity contribution in [3.05, 3.63) is 11.1 Å². The van der Waals surface area contributed by atoms with Crippen LogP contribution in [0.3, 0.4) is 0 Å². The van der Waals surface area contributed by atoms with Gasteiger partial charge < -0.3 is 10.4 Å². The summed E-state index contributed by atoms with van der Waals surface area (Å²) in [6.45, 7) is 7.22. The van der Waals surface area contributed by atoms with E-state index in [1.165, 1.54) is 13.8 Å². The van der Waals surface area contributed by atoms with Gasteiger partial charge in [0, 0.05) is 23.7 Å². The van der Waals surface area contributed by atoms with E-state index in [1.54, 1.807) is 0 Å². The van der Waals surface area contributed by atoms with Crippen molar-refractivity contribution in [1.29, 1.82) is 0 Å². The molecule has 7 nitrogen and oxygen atoms in total. The summed E-state index contributed by atoms with van der Waals surface area (Å²) in [6, 6.07) is -0.297. The number of rotatable bonds is 5. The first-order valence-electron chi connectivity index (χ1n) is 7.10. The van der Waals surface area contributed by atoms with Crippen LogP contribution in [0.15, 0.2) is 11.1 Å². The highest BCUT2D eigenvalue weighted by atomic mass is 16.4. The highest BCUT2D eigenvalue weighted by Gasteiger charge is 2.23. The molecule has 1 saturated heterocycles. The van der Waals surface area contributed by atoms with Crippen molar-refractivity contribution in [2.45, 2.75) is 39.7 Å². The zero-order chi connectivity index (χ0) is 16.0. The van der Waals surface area contributed by atoms with Crippen LogP contribution in [0.4, 0.5) is 4.79 Å². The van der Waals surface area contributed by atoms with Crippen molar-refractivity contribution >= 4 is 17.9 Å². The molecule has 0 aromatic heterocycles. The maximum atomic E-state index is 11.7. The first-order valence-corrected chi connectivity index (χ1v) is 7.10. The number of nitrogens with zero attached hydrogens (tertiary/aromatic N) is 1. The minimum atomic E-state index is -1.17. The maximum absolute atomic E-state index is 11.7. The number of carbonyl (C=O) groups excluding carboxylic acids is 2. The molecule has 118 valence electrons. The molecule has 7 heteroatoms. The van der Waals surface area contributed by atoms with Crippen LogP contribution in [-0.4, -0.2) is 53.6 Å². The normalized spacial score (nSPS) is 19.9. The Labute approximate surface area is 124 Å². The monoisotopic (exact) mass is 297 g/mol. The third kappa shape index (κ3) is 4.86. The molecular formula is C14H23N3O4. The average molecular weight is 297 g/mol. The van der Waals surface area contributed by atoms with Gasteiger partial charge in [0.1, 0.15) is 0 Å². The number of hydrogen-bond acceptors (Lipinski definition) is 4. The van der Waals surface area contributed by atoms with Gasteiger partial charge in [-0.3, -0.25) is 15.0 Å². The highest BCUT2D eigenvalue weighted by Crippen LogP contribution is 2.15. The topological polar surface area (TPSA) is 98.7 Å². The second-order valence-corrected chi connectivity index (χ2v) is 5.14. The Balaban J connectivity index is 2.45. The van der Waals surface area contributed by atoms with Crippen molar-refractivity contribution in [2.75, 3.05) is 19.6 Å². The second kappa shape index (κ2) is 7.78. The molecule has 0 aromatic rings. The minimum Gasteiger partial charge on any atom is -0.478 e. The van der Waals surface area contributed by atoms with Crippen LogP contribution >= 0.6 is 0 Å². The predicted molar refractivity (Wildman–Crippen MR) is 77.8 cm³/mol. The third-order valence-corrected chi connectivity index (χ3v) is 3.85. The summed E-state index contributed by atoms with van der Waals surface area (Å²) >= 11 is 0. The van der Waals surface area contributed by atoms with Crippen molar-refractivity contribution in [1.82, 2.24) is 15.5 Å². The van der Waals surface area contributed by atoms with Crippen LogP contribution in [-0.2, 0) is 9.59 Å². The number of urea groups is 1.